The van der Waals surface area contributed by atoms with Gasteiger partial charge < -0.3 is 19.3 Å². The van der Waals surface area contributed by atoms with Crippen LogP contribution in [0.5, 0.6) is 11.5 Å². The molecule has 30 heavy (non-hydrogen) atoms. The second kappa shape index (κ2) is 8.20. The van der Waals surface area contributed by atoms with Gasteiger partial charge in [-0.3, -0.25) is 9.69 Å². The molecular weight excluding hydrogens is 382 g/mol. The Hall–Kier alpha value is -3.32. The zero-order valence-corrected chi connectivity index (χ0v) is 16.5. The summed E-state index contributed by atoms with van der Waals surface area (Å²) >= 11 is 0. The van der Waals surface area contributed by atoms with Crippen molar-refractivity contribution in [1.29, 1.82) is 0 Å². The molecule has 154 valence electrons. The zero-order valence-electron chi connectivity index (χ0n) is 16.5. The number of anilines is 1. The molecule has 1 fully saturated rings. The van der Waals surface area contributed by atoms with Crippen molar-refractivity contribution in [2.24, 2.45) is 5.92 Å². The summed E-state index contributed by atoms with van der Waals surface area (Å²) in [6.45, 7) is 2.66. The molecule has 1 aromatic heterocycles. The number of nitrogens with zero attached hydrogens (tertiary/aromatic N) is 2. The van der Waals surface area contributed by atoms with Gasteiger partial charge in [-0.25, -0.2) is 0 Å². The lowest BCUT2D eigenvalue weighted by molar-refractivity contribution is -0.121. The topological polar surface area (TPSA) is 76.8 Å². The third-order valence-corrected chi connectivity index (χ3v) is 5.60. The first kappa shape index (κ1) is 18.7. The minimum atomic E-state index is 0.00358. The average Bonchev–Trinajstić information content (AvgIpc) is 3.44. The number of aromatic nitrogens is 1. The number of fused-ring (bicyclic) bond motifs is 1. The second-order valence-corrected chi connectivity index (χ2v) is 7.66. The zero-order chi connectivity index (χ0) is 20.3. The van der Waals surface area contributed by atoms with Crippen molar-refractivity contribution in [3.8, 4) is 22.8 Å². The van der Waals surface area contributed by atoms with E-state index in [4.69, 9.17) is 14.0 Å². The van der Waals surface area contributed by atoms with Crippen molar-refractivity contribution in [2.75, 3.05) is 25.2 Å². The summed E-state index contributed by atoms with van der Waals surface area (Å²) in [5, 5.41) is 7.21. The number of carbonyl (C=O) groups excluding carboxylic acids is 1. The van der Waals surface area contributed by atoms with Crippen LogP contribution in [0.15, 0.2) is 59.1 Å². The van der Waals surface area contributed by atoms with Crippen LogP contribution in [0.1, 0.15) is 18.5 Å². The second-order valence-electron chi connectivity index (χ2n) is 7.66. The van der Waals surface area contributed by atoms with Crippen LogP contribution in [0.2, 0.25) is 0 Å². The van der Waals surface area contributed by atoms with Gasteiger partial charge in [-0.2, -0.15) is 0 Å². The van der Waals surface area contributed by atoms with Crippen LogP contribution in [0.25, 0.3) is 11.3 Å². The van der Waals surface area contributed by atoms with Crippen LogP contribution in [0.4, 0.5) is 5.69 Å². The lowest BCUT2D eigenvalue weighted by Crippen LogP contribution is -2.37. The highest BCUT2D eigenvalue weighted by Gasteiger charge is 2.26. The van der Waals surface area contributed by atoms with Gasteiger partial charge in [-0.05, 0) is 38.1 Å². The van der Waals surface area contributed by atoms with Crippen molar-refractivity contribution in [3.05, 3.63) is 60.3 Å². The Morgan fingerprint density at radius 2 is 1.83 bits per heavy atom. The van der Waals surface area contributed by atoms with Gasteiger partial charge in [0.2, 0.25) is 12.7 Å². The molecule has 0 atom stereocenters. The van der Waals surface area contributed by atoms with Crippen LogP contribution >= 0.6 is 0 Å². The van der Waals surface area contributed by atoms with Crippen molar-refractivity contribution >= 4 is 11.6 Å². The summed E-state index contributed by atoms with van der Waals surface area (Å²) in [5.41, 5.74) is 2.68. The minimum absolute atomic E-state index is 0.00358. The van der Waals surface area contributed by atoms with Crippen molar-refractivity contribution in [3.63, 3.8) is 0 Å². The van der Waals surface area contributed by atoms with E-state index in [9.17, 15) is 4.79 Å². The molecule has 7 nitrogen and oxygen atoms in total. The molecule has 3 aromatic rings. The first-order valence-electron chi connectivity index (χ1n) is 10.2. The van der Waals surface area contributed by atoms with Crippen LogP contribution in [0, 0.1) is 5.92 Å². The van der Waals surface area contributed by atoms with E-state index < -0.39 is 0 Å². The lowest BCUT2D eigenvalue weighted by Gasteiger charge is -2.30. The Balaban J connectivity index is 1.13. The van der Waals surface area contributed by atoms with Gasteiger partial charge in [0.25, 0.3) is 0 Å². The van der Waals surface area contributed by atoms with Gasteiger partial charge in [-0.15, -0.1) is 0 Å². The summed E-state index contributed by atoms with van der Waals surface area (Å²) < 4.78 is 16.2. The maximum atomic E-state index is 12.7. The van der Waals surface area contributed by atoms with Gasteiger partial charge in [0.15, 0.2) is 17.3 Å². The number of rotatable bonds is 5. The molecule has 1 N–H and O–H groups in total. The molecular formula is C23H23N3O4. The predicted octanol–water partition coefficient (Wildman–Crippen LogP) is 3.92. The number of hydrogen-bond donors (Lipinski definition) is 1. The Morgan fingerprint density at radius 3 is 2.67 bits per heavy atom. The molecule has 0 bridgehead atoms. The third kappa shape index (κ3) is 4.02. The third-order valence-electron chi connectivity index (χ3n) is 5.60. The van der Waals surface area contributed by atoms with E-state index in [0.717, 1.165) is 55.2 Å². The Labute approximate surface area is 174 Å². The number of nitrogens with one attached hydrogen (secondary N) is 1. The molecule has 7 heteroatoms. The number of carbonyl (C=O) groups is 1. The van der Waals surface area contributed by atoms with E-state index in [2.05, 4.69) is 15.4 Å². The molecule has 0 aliphatic carbocycles. The molecule has 0 unspecified atom stereocenters. The van der Waals surface area contributed by atoms with Crippen molar-refractivity contribution in [1.82, 2.24) is 10.1 Å². The standard InChI is InChI=1S/C23H23N3O4/c27-23(24-18-6-7-20-22(12-18)29-15-28-20)17-8-10-26(11-9-17)14-19-13-21(30-25-19)16-4-2-1-3-5-16/h1-7,12-13,17H,8-11,14-15H2,(H,24,27). The maximum absolute atomic E-state index is 12.7. The van der Waals surface area contributed by atoms with Crippen LogP contribution in [-0.4, -0.2) is 35.8 Å². The molecule has 0 spiro atoms. The fourth-order valence-corrected chi connectivity index (χ4v) is 3.93. The first-order chi connectivity index (χ1) is 14.7. The molecule has 0 radical (unpaired) electrons. The minimum Gasteiger partial charge on any atom is -0.454 e. The van der Waals surface area contributed by atoms with Crippen LogP contribution in [0.3, 0.4) is 0 Å². The van der Waals surface area contributed by atoms with Gasteiger partial charge >= 0.3 is 0 Å². The predicted molar refractivity (Wildman–Crippen MR) is 111 cm³/mol. The maximum Gasteiger partial charge on any atom is 0.231 e. The molecule has 2 aliphatic heterocycles. The van der Waals surface area contributed by atoms with Crippen LogP contribution < -0.4 is 14.8 Å². The summed E-state index contributed by atoms with van der Waals surface area (Å²) in [6, 6.07) is 17.4. The summed E-state index contributed by atoms with van der Waals surface area (Å²) in [5.74, 6) is 2.23. The lowest BCUT2D eigenvalue weighted by atomic mass is 9.95. The SMILES string of the molecule is O=C(Nc1ccc2c(c1)OCO2)C1CCN(Cc2cc(-c3ccccc3)on2)CC1. The molecule has 1 amide bonds. The number of benzene rings is 2. The molecule has 3 heterocycles. The average molecular weight is 405 g/mol. The van der Waals surface area contributed by atoms with E-state index in [1.807, 2.05) is 54.6 Å². The van der Waals surface area contributed by atoms with Crippen molar-refractivity contribution < 1.29 is 18.8 Å². The number of likely N-dealkylation sites (tertiary alicyclic amines) is 1. The van der Waals surface area contributed by atoms with E-state index >= 15 is 0 Å². The molecule has 1 saturated heterocycles. The van der Waals surface area contributed by atoms with E-state index in [1.54, 1.807) is 0 Å². The van der Waals surface area contributed by atoms with Crippen LogP contribution in [-0.2, 0) is 11.3 Å². The highest BCUT2D eigenvalue weighted by atomic mass is 16.7. The van der Waals surface area contributed by atoms with E-state index in [1.165, 1.54) is 0 Å². The Bertz CT molecular complexity index is 1030. The van der Waals surface area contributed by atoms with E-state index in [-0.39, 0.29) is 18.6 Å². The fraction of sp³-hybridized carbons (Fsp3) is 0.304. The highest BCUT2D eigenvalue weighted by Crippen LogP contribution is 2.34. The number of amides is 1. The number of ether oxygens (including phenoxy) is 2. The molecule has 2 aromatic carbocycles. The number of piperidine rings is 1. The van der Waals surface area contributed by atoms with Crippen molar-refractivity contribution in [2.45, 2.75) is 19.4 Å². The first-order valence-corrected chi connectivity index (χ1v) is 10.2. The molecule has 5 rings (SSSR count). The summed E-state index contributed by atoms with van der Waals surface area (Å²) in [4.78, 5) is 15.0. The van der Waals surface area contributed by atoms with Gasteiger partial charge in [0.05, 0.1) is 5.69 Å². The Kier molecular flexibility index (Phi) is 5.11. The summed E-state index contributed by atoms with van der Waals surface area (Å²) in [6.07, 6.45) is 1.64. The normalized spacial score (nSPS) is 16.5. The fourth-order valence-electron chi connectivity index (χ4n) is 3.93. The summed E-state index contributed by atoms with van der Waals surface area (Å²) in [7, 11) is 0. The molecule has 0 saturated carbocycles. The largest absolute Gasteiger partial charge is 0.454 e. The van der Waals surface area contributed by atoms with Gasteiger partial charge in [0, 0.05) is 35.8 Å². The monoisotopic (exact) mass is 405 g/mol. The Morgan fingerprint density at radius 1 is 1.03 bits per heavy atom. The highest BCUT2D eigenvalue weighted by molar-refractivity contribution is 5.93. The smallest absolute Gasteiger partial charge is 0.231 e. The van der Waals surface area contributed by atoms with Gasteiger partial charge in [0.1, 0.15) is 0 Å². The molecule has 2 aliphatic rings. The quantitative estimate of drug-likeness (QED) is 0.693. The van der Waals surface area contributed by atoms with Gasteiger partial charge in [-0.1, -0.05) is 35.5 Å². The number of hydrogen-bond acceptors (Lipinski definition) is 6. The van der Waals surface area contributed by atoms with E-state index in [0.29, 0.717) is 11.5 Å².